The Bertz CT molecular complexity index is 588. The number of carbonyl (C=O) groups excluding carboxylic acids is 1. The summed E-state index contributed by atoms with van der Waals surface area (Å²) >= 11 is 0. The summed E-state index contributed by atoms with van der Waals surface area (Å²) in [5.74, 6) is 0.390. The molecule has 0 radical (unpaired) electrons. The van der Waals surface area contributed by atoms with Crippen LogP contribution in [0.25, 0.3) is 0 Å². The number of nitrogens with zero attached hydrogens (tertiary/aromatic N) is 2. The van der Waals surface area contributed by atoms with Gasteiger partial charge in [0.1, 0.15) is 12.4 Å². The molecule has 0 spiro atoms. The lowest BCUT2D eigenvalue weighted by Crippen LogP contribution is -2.07. The Kier molecular flexibility index (Phi) is 4.98. The quantitative estimate of drug-likeness (QED) is 0.766. The van der Waals surface area contributed by atoms with Crippen molar-refractivity contribution in [2.45, 2.75) is 33.4 Å². The van der Waals surface area contributed by atoms with Gasteiger partial charge in [-0.05, 0) is 45.0 Å². The monoisotopic (exact) mass is 288 g/mol. The van der Waals surface area contributed by atoms with Crippen LogP contribution in [0.3, 0.4) is 0 Å². The van der Waals surface area contributed by atoms with E-state index in [1.807, 2.05) is 0 Å². The minimum Gasteiger partial charge on any atom is -0.487 e. The van der Waals surface area contributed by atoms with E-state index >= 15 is 0 Å². The summed E-state index contributed by atoms with van der Waals surface area (Å²) in [4.78, 5) is 15.7. The third-order valence-electron chi connectivity index (χ3n) is 3.05. The summed E-state index contributed by atoms with van der Waals surface area (Å²) < 4.78 is 12.7. The highest BCUT2D eigenvalue weighted by atomic mass is 16.5. The van der Waals surface area contributed by atoms with Crippen molar-refractivity contribution < 1.29 is 14.3 Å². The zero-order valence-electron chi connectivity index (χ0n) is 12.6. The molecule has 0 saturated carbocycles. The number of esters is 1. The second kappa shape index (κ2) is 6.92. The van der Waals surface area contributed by atoms with Crippen molar-refractivity contribution in [1.29, 1.82) is 0 Å². The standard InChI is InChI=1S/C16H20N2O3/c1-4-20-16(19)13-5-7-15(8-6-13)21-10-14-9-17-11-18(14)12(2)3/h5-9,11-12H,4,10H2,1-3H3. The molecule has 0 aliphatic carbocycles. The molecule has 112 valence electrons. The second-order valence-corrected chi connectivity index (χ2v) is 4.92. The third kappa shape index (κ3) is 3.84. The van der Waals surface area contributed by atoms with Gasteiger partial charge in [-0.25, -0.2) is 9.78 Å². The van der Waals surface area contributed by atoms with Crippen LogP contribution in [0.5, 0.6) is 5.75 Å². The Labute approximate surface area is 124 Å². The zero-order valence-corrected chi connectivity index (χ0v) is 12.6. The zero-order chi connectivity index (χ0) is 15.2. The highest BCUT2D eigenvalue weighted by Gasteiger charge is 2.08. The Morgan fingerprint density at radius 3 is 2.62 bits per heavy atom. The molecule has 0 fully saturated rings. The SMILES string of the molecule is CCOC(=O)c1ccc(OCc2cncn2C(C)C)cc1. The Morgan fingerprint density at radius 1 is 1.29 bits per heavy atom. The van der Waals surface area contributed by atoms with Crippen molar-refractivity contribution in [3.05, 3.63) is 48.0 Å². The molecule has 0 unspecified atom stereocenters. The number of carbonyl (C=O) groups is 1. The van der Waals surface area contributed by atoms with E-state index in [2.05, 4.69) is 23.4 Å². The number of hydrogen-bond donors (Lipinski definition) is 0. The van der Waals surface area contributed by atoms with E-state index in [1.165, 1.54) is 0 Å². The molecule has 2 aromatic rings. The molecule has 0 aliphatic rings. The lowest BCUT2D eigenvalue weighted by molar-refractivity contribution is 0.0526. The number of imidazole rings is 1. The van der Waals surface area contributed by atoms with Gasteiger partial charge in [0.15, 0.2) is 0 Å². The van der Waals surface area contributed by atoms with Gasteiger partial charge in [0.25, 0.3) is 0 Å². The van der Waals surface area contributed by atoms with Crippen LogP contribution in [0.2, 0.25) is 0 Å². The molecule has 0 bridgehead atoms. The minimum atomic E-state index is -0.318. The van der Waals surface area contributed by atoms with Crippen LogP contribution in [-0.4, -0.2) is 22.1 Å². The first-order valence-corrected chi connectivity index (χ1v) is 7.02. The van der Waals surface area contributed by atoms with Crippen molar-refractivity contribution in [3.63, 3.8) is 0 Å². The maximum Gasteiger partial charge on any atom is 0.338 e. The van der Waals surface area contributed by atoms with Gasteiger partial charge in [-0.3, -0.25) is 0 Å². The molecule has 0 saturated heterocycles. The van der Waals surface area contributed by atoms with E-state index in [1.54, 1.807) is 43.7 Å². The van der Waals surface area contributed by atoms with Crippen molar-refractivity contribution in [1.82, 2.24) is 9.55 Å². The van der Waals surface area contributed by atoms with E-state index < -0.39 is 0 Å². The molecular formula is C16H20N2O3. The van der Waals surface area contributed by atoms with Crippen molar-refractivity contribution >= 4 is 5.97 Å². The normalized spacial score (nSPS) is 10.7. The molecule has 21 heavy (non-hydrogen) atoms. The maximum absolute atomic E-state index is 11.5. The van der Waals surface area contributed by atoms with E-state index in [4.69, 9.17) is 9.47 Å². The topological polar surface area (TPSA) is 53.4 Å². The number of aromatic nitrogens is 2. The highest BCUT2D eigenvalue weighted by Crippen LogP contribution is 2.16. The van der Waals surface area contributed by atoms with Gasteiger partial charge in [0.2, 0.25) is 0 Å². The fourth-order valence-corrected chi connectivity index (χ4v) is 1.97. The van der Waals surface area contributed by atoms with Gasteiger partial charge in [0, 0.05) is 6.04 Å². The largest absolute Gasteiger partial charge is 0.487 e. The van der Waals surface area contributed by atoms with Crippen molar-refractivity contribution in [2.75, 3.05) is 6.61 Å². The van der Waals surface area contributed by atoms with Crippen molar-refractivity contribution in [3.8, 4) is 5.75 Å². The van der Waals surface area contributed by atoms with Gasteiger partial charge in [0.05, 0.1) is 30.4 Å². The molecule has 1 heterocycles. The third-order valence-corrected chi connectivity index (χ3v) is 3.05. The summed E-state index contributed by atoms with van der Waals surface area (Å²) in [5.41, 5.74) is 1.54. The number of benzene rings is 1. The molecule has 0 atom stereocenters. The van der Waals surface area contributed by atoms with Crippen LogP contribution in [0.15, 0.2) is 36.8 Å². The fourth-order valence-electron chi connectivity index (χ4n) is 1.97. The molecule has 0 amide bonds. The van der Waals surface area contributed by atoms with Crippen LogP contribution < -0.4 is 4.74 Å². The second-order valence-electron chi connectivity index (χ2n) is 4.92. The number of ether oxygens (including phenoxy) is 2. The summed E-state index contributed by atoms with van der Waals surface area (Å²) in [7, 11) is 0. The summed E-state index contributed by atoms with van der Waals surface area (Å²) in [6.45, 7) is 6.79. The number of rotatable bonds is 6. The molecule has 0 aliphatic heterocycles. The Balaban J connectivity index is 1.97. The summed E-state index contributed by atoms with van der Waals surface area (Å²) in [6, 6.07) is 7.28. The average molecular weight is 288 g/mol. The van der Waals surface area contributed by atoms with Gasteiger partial charge in [-0.1, -0.05) is 0 Å². The summed E-state index contributed by atoms with van der Waals surface area (Å²) in [5, 5.41) is 0. The van der Waals surface area contributed by atoms with Crippen LogP contribution >= 0.6 is 0 Å². The Hall–Kier alpha value is -2.30. The molecule has 0 N–H and O–H groups in total. The molecule has 5 heteroatoms. The maximum atomic E-state index is 11.5. The first-order valence-electron chi connectivity index (χ1n) is 7.02. The molecule has 1 aromatic carbocycles. The molecule has 1 aromatic heterocycles. The van der Waals surface area contributed by atoms with Crippen LogP contribution in [-0.2, 0) is 11.3 Å². The minimum absolute atomic E-state index is 0.318. The van der Waals surface area contributed by atoms with E-state index in [0.717, 1.165) is 5.69 Å². The first-order chi connectivity index (χ1) is 10.1. The van der Waals surface area contributed by atoms with E-state index in [-0.39, 0.29) is 5.97 Å². The van der Waals surface area contributed by atoms with Crippen LogP contribution in [0.1, 0.15) is 42.9 Å². The van der Waals surface area contributed by atoms with E-state index in [9.17, 15) is 4.79 Å². The highest BCUT2D eigenvalue weighted by molar-refractivity contribution is 5.89. The molecule has 5 nitrogen and oxygen atoms in total. The van der Waals surface area contributed by atoms with Crippen molar-refractivity contribution in [2.24, 2.45) is 0 Å². The average Bonchev–Trinajstić information content (AvgIpc) is 2.94. The van der Waals surface area contributed by atoms with Crippen LogP contribution in [0, 0.1) is 0 Å². The lowest BCUT2D eigenvalue weighted by Gasteiger charge is -2.12. The fraction of sp³-hybridized carbons (Fsp3) is 0.375. The smallest absolute Gasteiger partial charge is 0.338 e. The van der Waals surface area contributed by atoms with Gasteiger partial charge in [-0.15, -0.1) is 0 Å². The lowest BCUT2D eigenvalue weighted by atomic mass is 10.2. The van der Waals surface area contributed by atoms with E-state index in [0.29, 0.717) is 30.6 Å². The molecular weight excluding hydrogens is 268 g/mol. The van der Waals surface area contributed by atoms with Gasteiger partial charge in [-0.2, -0.15) is 0 Å². The Morgan fingerprint density at radius 2 is 2.00 bits per heavy atom. The predicted molar refractivity (Wildman–Crippen MR) is 79.3 cm³/mol. The first kappa shape index (κ1) is 15.1. The summed E-state index contributed by atoms with van der Waals surface area (Å²) in [6.07, 6.45) is 3.60. The number of hydrogen-bond acceptors (Lipinski definition) is 4. The predicted octanol–water partition coefficient (Wildman–Crippen LogP) is 3.22. The molecule has 2 rings (SSSR count). The van der Waals surface area contributed by atoms with Gasteiger partial charge < -0.3 is 14.0 Å². The van der Waals surface area contributed by atoms with Gasteiger partial charge >= 0.3 is 5.97 Å². The van der Waals surface area contributed by atoms with Crippen LogP contribution in [0.4, 0.5) is 0 Å².